The molecule has 2 fully saturated rings. The number of nitrogens with zero attached hydrogens (tertiary/aromatic N) is 1. The third-order valence-electron chi connectivity index (χ3n) is 6.71. The maximum absolute atomic E-state index is 13.0. The minimum atomic E-state index is -0.691. The molecule has 0 bridgehead atoms. The Balaban J connectivity index is 1.50. The molecule has 29 heavy (non-hydrogen) atoms. The summed E-state index contributed by atoms with van der Waals surface area (Å²) < 4.78 is 5.63. The lowest BCUT2D eigenvalue weighted by Gasteiger charge is -2.47. The van der Waals surface area contributed by atoms with Crippen molar-refractivity contribution in [3.8, 4) is 0 Å². The second kappa shape index (κ2) is 7.28. The molecule has 2 unspecified atom stereocenters. The van der Waals surface area contributed by atoms with Crippen LogP contribution < -0.4 is 0 Å². The topological polar surface area (TPSA) is 66.8 Å². The zero-order valence-electron chi connectivity index (χ0n) is 17.8. The minimum Gasteiger partial charge on any atom is -0.456 e. The Hall–Kier alpha value is -2.14. The van der Waals surface area contributed by atoms with E-state index in [4.69, 9.17) is 4.74 Å². The first kappa shape index (κ1) is 20.1. The van der Waals surface area contributed by atoms with Gasteiger partial charge in [0.05, 0.1) is 18.1 Å². The maximum atomic E-state index is 13.0. The molecule has 4 rings (SSSR count). The van der Waals surface area contributed by atoms with Crippen LogP contribution in [-0.4, -0.2) is 34.0 Å². The van der Waals surface area contributed by atoms with Gasteiger partial charge in [0.15, 0.2) is 0 Å². The van der Waals surface area contributed by atoms with Crippen molar-refractivity contribution in [1.82, 2.24) is 4.90 Å². The molecule has 1 N–H and O–H groups in total. The van der Waals surface area contributed by atoms with Crippen LogP contribution in [0.25, 0.3) is 0 Å². The Kier molecular flexibility index (Phi) is 5.06. The first-order valence-corrected chi connectivity index (χ1v) is 10.7. The number of fused-ring (bicyclic) bond motifs is 3. The van der Waals surface area contributed by atoms with Crippen molar-refractivity contribution in [2.45, 2.75) is 77.5 Å². The Morgan fingerprint density at radius 2 is 1.93 bits per heavy atom. The molecule has 5 nitrogen and oxygen atoms in total. The predicted molar refractivity (Wildman–Crippen MR) is 110 cm³/mol. The van der Waals surface area contributed by atoms with E-state index >= 15 is 0 Å². The van der Waals surface area contributed by atoms with E-state index in [1.165, 1.54) is 5.56 Å². The van der Waals surface area contributed by atoms with E-state index in [9.17, 15) is 14.7 Å². The van der Waals surface area contributed by atoms with E-state index in [1.54, 1.807) is 11.8 Å². The van der Waals surface area contributed by atoms with Gasteiger partial charge in [0.2, 0.25) is 5.91 Å². The van der Waals surface area contributed by atoms with Crippen molar-refractivity contribution < 1.29 is 19.4 Å². The van der Waals surface area contributed by atoms with Gasteiger partial charge in [-0.3, -0.25) is 4.79 Å². The van der Waals surface area contributed by atoms with Gasteiger partial charge in [0.1, 0.15) is 12.3 Å². The highest BCUT2D eigenvalue weighted by atomic mass is 16.5. The molecular formula is C24H31NO4. The standard InChI is InChI=1S/C24H31NO4/c1-14(26)19-20-17-7-5-6-8-18(17)21(25(20)22(19)27)23(28)29-13-15-9-11-16(12-10-15)24(2,3)4/h9-12,14,17,19-20,26H,5-8,13H2,1-4H3/t14-,17?,19-,20?/m1/s1. The summed E-state index contributed by atoms with van der Waals surface area (Å²) >= 11 is 0. The van der Waals surface area contributed by atoms with Gasteiger partial charge in [-0.05, 0) is 48.3 Å². The van der Waals surface area contributed by atoms with Crippen molar-refractivity contribution in [3.63, 3.8) is 0 Å². The van der Waals surface area contributed by atoms with Gasteiger partial charge in [-0.15, -0.1) is 0 Å². The number of carbonyl (C=O) groups is 2. The van der Waals surface area contributed by atoms with Gasteiger partial charge in [-0.1, -0.05) is 51.5 Å². The second-order valence-electron chi connectivity index (χ2n) is 9.71. The molecule has 2 heterocycles. The number of carbonyl (C=O) groups excluding carboxylic acids is 2. The maximum Gasteiger partial charge on any atom is 0.355 e. The third-order valence-corrected chi connectivity index (χ3v) is 6.71. The SMILES string of the molecule is C[C@@H](O)[C@H]1C(=O)N2C(C(=O)OCc3ccc(C(C)(C)C)cc3)=C3CCCCC3C12. The molecule has 0 spiro atoms. The average molecular weight is 398 g/mol. The van der Waals surface area contributed by atoms with Gasteiger partial charge in [0.25, 0.3) is 0 Å². The van der Waals surface area contributed by atoms with Crippen molar-refractivity contribution in [2.24, 2.45) is 11.8 Å². The molecule has 1 amide bonds. The highest BCUT2D eigenvalue weighted by molar-refractivity contribution is 6.00. The molecule has 0 aromatic heterocycles. The number of esters is 1. The van der Waals surface area contributed by atoms with E-state index in [0.717, 1.165) is 36.8 Å². The molecule has 5 heteroatoms. The van der Waals surface area contributed by atoms with Crippen molar-refractivity contribution in [1.29, 1.82) is 0 Å². The number of amides is 1. The number of hydrogen-bond donors (Lipinski definition) is 1. The predicted octanol–water partition coefficient (Wildman–Crippen LogP) is 3.69. The quantitative estimate of drug-likeness (QED) is 0.622. The van der Waals surface area contributed by atoms with Crippen LogP contribution in [0.1, 0.15) is 64.5 Å². The molecule has 1 aliphatic carbocycles. The molecule has 1 aromatic rings. The van der Waals surface area contributed by atoms with Gasteiger partial charge >= 0.3 is 5.97 Å². The smallest absolute Gasteiger partial charge is 0.355 e. The van der Waals surface area contributed by atoms with Crippen LogP contribution in [0.3, 0.4) is 0 Å². The molecule has 0 radical (unpaired) electrons. The zero-order chi connectivity index (χ0) is 20.9. The van der Waals surface area contributed by atoms with E-state index in [-0.39, 0.29) is 29.9 Å². The van der Waals surface area contributed by atoms with E-state index in [0.29, 0.717) is 5.70 Å². The number of aliphatic hydroxyl groups is 1. The number of rotatable bonds is 4. The molecule has 1 aromatic carbocycles. The summed E-state index contributed by atoms with van der Waals surface area (Å²) in [6.45, 7) is 8.35. The molecule has 4 atom stereocenters. The first-order chi connectivity index (χ1) is 13.7. The number of aliphatic hydroxyl groups excluding tert-OH is 1. The van der Waals surface area contributed by atoms with Gasteiger partial charge in [0, 0.05) is 5.92 Å². The summed E-state index contributed by atoms with van der Waals surface area (Å²) in [5.41, 5.74) is 3.76. The monoisotopic (exact) mass is 397 g/mol. The number of β-lactam (4-membered cyclic amide) rings is 1. The lowest BCUT2D eigenvalue weighted by Crippen LogP contribution is -2.64. The molecule has 156 valence electrons. The van der Waals surface area contributed by atoms with Crippen LogP contribution >= 0.6 is 0 Å². The normalized spacial score (nSPS) is 27.3. The molecule has 3 aliphatic rings. The van der Waals surface area contributed by atoms with Crippen LogP contribution in [0.5, 0.6) is 0 Å². The summed E-state index contributed by atoms with van der Waals surface area (Å²) in [6.07, 6.45) is 3.25. The zero-order valence-corrected chi connectivity index (χ0v) is 17.8. The van der Waals surface area contributed by atoms with Crippen molar-refractivity contribution in [2.75, 3.05) is 0 Å². The third kappa shape index (κ3) is 3.39. The Bertz CT molecular complexity index is 847. The summed E-state index contributed by atoms with van der Waals surface area (Å²) in [5, 5.41) is 10.1. The summed E-state index contributed by atoms with van der Waals surface area (Å²) in [7, 11) is 0. The highest BCUT2D eigenvalue weighted by Gasteiger charge is 2.61. The lowest BCUT2D eigenvalue weighted by atomic mass is 9.72. The Morgan fingerprint density at radius 1 is 1.24 bits per heavy atom. The number of hydrogen-bond acceptors (Lipinski definition) is 4. The van der Waals surface area contributed by atoms with Gasteiger partial charge in [-0.2, -0.15) is 0 Å². The fraction of sp³-hybridized carbons (Fsp3) is 0.583. The van der Waals surface area contributed by atoms with Crippen molar-refractivity contribution in [3.05, 3.63) is 46.7 Å². The van der Waals surface area contributed by atoms with Crippen LogP contribution in [-0.2, 0) is 26.3 Å². The van der Waals surface area contributed by atoms with Gasteiger partial charge in [-0.25, -0.2) is 4.79 Å². The molecular weight excluding hydrogens is 366 g/mol. The number of ether oxygens (including phenoxy) is 1. The number of benzene rings is 1. The summed E-state index contributed by atoms with van der Waals surface area (Å²) in [6, 6.07) is 8.04. The fourth-order valence-corrected chi connectivity index (χ4v) is 5.13. The second-order valence-corrected chi connectivity index (χ2v) is 9.71. The van der Waals surface area contributed by atoms with Gasteiger partial charge < -0.3 is 14.7 Å². The van der Waals surface area contributed by atoms with Crippen LogP contribution in [0.15, 0.2) is 35.5 Å². The Morgan fingerprint density at radius 3 is 2.55 bits per heavy atom. The van der Waals surface area contributed by atoms with E-state index in [2.05, 4.69) is 32.9 Å². The van der Waals surface area contributed by atoms with E-state index in [1.807, 2.05) is 12.1 Å². The fourth-order valence-electron chi connectivity index (χ4n) is 5.13. The van der Waals surface area contributed by atoms with Crippen LogP contribution in [0, 0.1) is 11.8 Å². The van der Waals surface area contributed by atoms with Crippen LogP contribution in [0.2, 0.25) is 0 Å². The minimum absolute atomic E-state index is 0.0774. The van der Waals surface area contributed by atoms with E-state index < -0.39 is 18.0 Å². The average Bonchev–Trinajstić information content (AvgIpc) is 2.96. The van der Waals surface area contributed by atoms with Crippen molar-refractivity contribution >= 4 is 11.9 Å². The van der Waals surface area contributed by atoms with Crippen LogP contribution in [0.4, 0.5) is 0 Å². The first-order valence-electron chi connectivity index (χ1n) is 10.7. The Labute approximate surface area is 172 Å². The molecule has 1 saturated heterocycles. The molecule has 2 aliphatic heterocycles. The molecule has 1 saturated carbocycles. The summed E-state index contributed by atoms with van der Waals surface area (Å²) in [4.78, 5) is 27.3. The summed E-state index contributed by atoms with van der Waals surface area (Å²) in [5.74, 6) is -0.766. The largest absolute Gasteiger partial charge is 0.456 e. The lowest BCUT2D eigenvalue weighted by molar-refractivity contribution is -0.165. The highest BCUT2D eigenvalue weighted by Crippen LogP contribution is 2.52.